The number of esters is 1. The predicted molar refractivity (Wildman–Crippen MR) is 108 cm³/mol. The smallest absolute Gasteiger partial charge is 0.326 e. The molecule has 4 rings (SSSR count). The summed E-state index contributed by atoms with van der Waals surface area (Å²) in [7, 11) is 0. The van der Waals surface area contributed by atoms with E-state index in [1.54, 1.807) is 30.5 Å². The summed E-state index contributed by atoms with van der Waals surface area (Å²) < 4.78 is 12.9. The predicted octanol–water partition coefficient (Wildman–Crippen LogP) is 2.23. The molecule has 3 aromatic rings. The van der Waals surface area contributed by atoms with Crippen molar-refractivity contribution < 1.29 is 19.1 Å². The number of carbonyl (C=O) groups is 2. The van der Waals surface area contributed by atoms with E-state index in [1.807, 2.05) is 13.0 Å². The summed E-state index contributed by atoms with van der Waals surface area (Å²) in [6, 6.07) is 10.1. The minimum Gasteiger partial charge on any atom is -0.482 e. The van der Waals surface area contributed by atoms with Crippen LogP contribution in [0.3, 0.4) is 0 Å². The second-order valence-electron chi connectivity index (χ2n) is 6.56. The Bertz CT molecular complexity index is 1190. The lowest BCUT2D eigenvalue weighted by atomic mass is 10.2. The molecule has 0 spiro atoms. The molecular weight excluding hydrogens is 442 g/mol. The molecule has 0 N–H and O–H groups in total. The molecule has 3 heterocycles. The van der Waals surface area contributed by atoms with E-state index in [4.69, 9.17) is 9.47 Å². The second-order valence-corrected chi connectivity index (χ2v) is 7.48. The standard InChI is InChI=1S/C20H16BrN3O5/c1-12-2-5-17-22-14(7-18(25)24(17)8-12)10-29-20(27)9-23-15-4-3-13(21)6-16(15)28-11-19(23)26/h2-8H,9-11H2,1H3. The van der Waals surface area contributed by atoms with Crippen LogP contribution in [0.25, 0.3) is 5.65 Å². The molecule has 29 heavy (non-hydrogen) atoms. The highest BCUT2D eigenvalue weighted by atomic mass is 79.9. The van der Waals surface area contributed by atoms with E-state index in [2.05, 4.69) is 20.9 Å². The molecule has 0 bridgehead atoms. The molecule has 1 aliphatic heterocycles. The molecular formula is C20H16BrN3O5. The minimum atomic E-state index is -0.611. The zero-order chi connectivity index (χ0) is 20.5. The molecule has 0 atom stereocenters. The highest BCUT2D eigenvalue weighted by Crippen LogP contribution is 2.34. The Kier molecular flexibility index (Phi) is 5.06. The number of hydrogen-bond donors (Lipinski definition) is 0. The Morgan fingerprint density at radius 1 is 1.24 bits per heavy atom. The van der Waals surface area contributed by atoms with Crippen molar-refractivity contribution in [2.45, 2.75) is 13.5 Å². The Morgan fingerprint density at radius 2 is 2.07 bits per heavy atom. The first kappa shape index (κ1) is 19.1. The summed E-state index contributed by atoms with van der Waals surface area (Å²) in [5.41, 5.74) is 1.98. The highest BCUT2D eigenvalue weighted by Gasteiger charge is 2.28. The van der Waals surface area contributed by atoms with Crippen molar-refractivity contribution in [2.75, 3.05) is 18.1 Å². The van der Waals surface area contributed by atoms with Crippen molar-refractivity contribution in [1.82, 2.24) is 9.38 Å². The van der Waals surface area contributed by atoms with E-state index < -0.39 is 5.97 Å². The molecule has 0 saturated heterocycles. The quantitative estimate of drug-likeness (QED) is 0.558. The lowest BCUT2D eigenvalue weighted by Crippen LogP contribution is -2.42. The van der Waals surface area contributed by atoms with Crippen molar-refractivity contribution in [1.29, 1.82) is 0 Å². The number of pyridine rings is 1. The van der Waals surface area contributed by atoms with Crippen LogP contribution in [0.4, 0.5) is 5.69 Å². The Labute approximate surface area is 173 Å². The molecule has 0 unspecified atom stereocenters. The average Bonchev–Trinajstić information content (AvgIpc) is 2.69. The van der Waals surface area contributed by atoms with Gasteiger partial charge < -0.3 is 9.47 Å². The summed E-state index contributed by atoms with van der Waals surface area (Å²) in [6.45, 7) is 1.30. The minimum absolute atomic E-state index is 0.154. The van der Waals surface area contributed by atoms with Gasteiger partial charge in [-0.3, -0.25) is 23.7 Å². The van der Waals surface area contributed by atoms with Crippen molar-refractivity contribution in [3.63, 3.8) is 0 Å². The lowest BCUT2D eigenvalue weighted by molar-refractivity contribution is -0.144. The number of benzene rings is 1. The van der Waals surface area contributed by atoms with Gasteiger partial charge in [-0.15, -0.1) is 0 Å². The fourth-order valence-electron chi connectivity index (χ4n) is 3.01. The monoisotopic (exact) mass is 457 g/mol. The number of aromatic nitrogens is 2. The van der Waals surface area contributed by atoms with Gasteiger partial charge in [0.25, 0.3) is 11.5 Å². The number of amides is 1. The van der Waals surface area contributed by atoms with Gasteiger partial charge in [0.1, 0.15) is 24.5 Å². The number of aryl methyl sites for hydroxylation is 1. The van der Waals surface area contributed by atoms with Gasteiger partial charge in [-0.2, -0.15) is 0 Å². The van der Waals surface area contributed by atoms with Gasteiger partial charge in [-0.05, 0) is 36.8 Å². The highest BCUT2D eigenvalue weighted by molar-refractivity contribution is 9.10. The first-order chi connectivity index (χ1) is 13.9. The van der Waals surface area contributed by atoms with Gasteiger partial charge in [0, 0.05) is 16.7 Å². The molecule has 9 heteroatoms. The van der Waals surface area contributed by atoms with Crippen LogP contribution in [-0.2, 0) is 20.9 Å². The maximum absolute atomic E-state index is 12.3. The molecule has 0 saturated carbocycles. The number of nitrogens with zero attached hydrogens (tertiary/aromatic N) is 3. The van der Waals surface area contributed by atoms with Crippen molar-refractivity contribution >= 4 is 39.1 Å². The van der Waals surface area contributed by atoms with E-state index in [-0.39, 0.29) is 31.2 Å². The van der Waals surface area contributed by atoms with Crippen LogP contribution in [0.1, 0.15) is 11.3 Å². The molecule has 8 nitrogen and oxygen atoms in total. The number of ether oxygens (including phenoxy) is 2. The number of anilines is 1. The van der Waals surface area contributed by atoms with Gasteiger partial charge in [-0.25, -0.2) is 4.98 Å². The normalized spacial score (nSPS) is 13.2. The van der Waals surface area contributed by atoms with E-state index in [9.17, 15) is 14.4 Å². The topological polar surface area (TPSA) is 90.2 Å². The molecule has 148 valence electrons. The summed E-state index contributed by atoms with van der Waals surface area (Å²) in [5, 5.41) is 0. The zero-order valence-corrected chi connectivity index (χ0v) is 17.0. The fourth-order valence-corrected chi connectivity index (χ4v) is 3.35. The van der Waals surface area contributed by atoms with E-state index in [0.717, 1.165) is 10.0 Å². The summed E-state index contributed by atoms with van der Waals surface area (Å²) in [6.07, 6.45) is 1.69. The van der Waals surface area contributed by atoms with Gasteiger partial charge in [0.15, 0.2) is 6.61 Å². The summed E-state index contributed by atoms with van der Waals surface area (Å²) in [5.74, 6) is -0.444. The third-order valence-corrected chi connectivity index (χ3v) is 4.89. The number of halogens is 1. The molecule has 2 aromatic heterocycles. The van der Waals surface area contributed by atoms with Crippen LogP contribution in [0, 0.1) is 6.92 Å². The maximum atomic E-state index is 12.3. The average molecular weight is 458 g/mol. The second kappa shape index (κ2) is 7.67. The SMILES string of the molecule is Cc1ccc2nc(COC(=O)CN3C(=O)COc4cc(Br)ccc43)cc(=O)n2c1. The molecule has 1 aliphatic rings. The molecule has 1 aromatic carbocycles. The largest absolute Gasteiger partial charge is 0.482 e. The maximum Gasteiger partial charge on any atom is 0.326 e. The number of hydrogen-bond acceptors (Lipinski definition) is 6. The number of carbonyl (C=O) groups excluding carboxylic acids is 2. The van der Waals surface area contributed by atoms with Crippen molar-refractivity contribution in [2.24, 2.45) is 0 Å². The van der Waals surface area contributed by atoms with Crippen molar-refractivity contribution in [3.05, 3.63) is 68.7 Å². The number of rotatable bonds is 4. The zero-order valence-electron chi connectivity index (χ0n) is 15.4. The third kappa shape index (κ3) is 4.00. The molecule has 1 amide bonds. The summed E-state index contributed by atoms with van der Waals surface area (Å²) >= 11 is 3.34. The van der Waals surface area contributed by atoms with Crippen LogP contribution < -0.4 is 15.2 Å². The van der Waals surface area contributed by atoms with Crippen LogP contribution >= 0.6 is 15.9 Å². The van der Waals surface area contributed by atoms with Crippen LogP contribution in [-0.4, -0.2) is 34.4 Å². The first-order valence-electron chi connectivity index (χ1n) is 8.78. The molecule has 0 fully saturated rings. The third-order valence-electron chi connectivity index (χ3n) is 4.39. The van der Waals surface area contributed by atoms with Crippen LogP contribution in [0.15, 0.2) is 51.9 Å². The molecule has 0 radical (unpaired) electrons. The van der Waals surface area contributed by atoms with E-state index >= 15 is 0 Å². The number of fused-ring (bicyclic) bond motifs is 2. The van der Waals surface area contributed by atoms with Gasteiger partial charge in [0.2, 0.25) is 0 Å². The Hall–Kier alpha value is -3.20. The first-order valence-corrected chi connectivity index (χ1v) is 9.57. The van der Waals surface area contributed by atoms with Crippen LogP contribution in [0.5, 0.6) is 5.75 Å². The van der Waals surface area contributed by atoms with Crippen LogP contribution in [0.2, 0.25) is 0 Å². The fraction of sp³-hybridized carbons (Fsp3) is 0.200. The Balaban J connectivity index is 1.47. The lowest BCUT2D eigenvalue weighted by Gasteiger charge is -2.28. The van der Waals surface area contributed by atoms with Gasteiger partial charge in [0.05, 0.1) is 11.4 Å². The Morgan fingerprint density at radius 3 is 2.90 bits per heavy atom. The van der Waals surface area contributed by atoms with Crippen molar-refractivity contribution in [3.8, 4) is 5.75 Å². The van der Waals surface area contributed by atoms with Gasteiger partial charge in [-0.1, -0.05) is 22.0 Å². The molecule has 0 aliphatic carbocycles. The van der Waals surface area contributed by atoms with E-state index in [0.29, 0.717) is 22.8 Å². The van der Waals surface area contributed by atoms with E-state index in [1.165, 1.54) is 15.4 Å². The van der Waals surface area contributed by atoms with Gasteiger partial charge >= 0.3 is 5.97 Å². The summed E-state index contributed by atoms with van der Waals surface area (Å²) in [4.78, 5) is 42.4.